The van der Waals surface area contributed by atoms with Crippen molar-refractivity contribution in [2.45, 2.75) is 25.8 Å². The summed E-state index contributed by atoms with van der Waals surface area (Å²) in [6.45, 7) is 3.03. The third-order valence-corrected chi connectivity index (χ3v) is 7.76. The second-order valence-electron chi connectivity index (χ2n) is 9.50. The number of fused-ring (bicyclic) bond motifs is 2. The van der Waals surface area contributed by atoms with Crippen LogP contribution in [0.4, 0.5) is 4.39 Å². The summed E-state index contributed by atoms with van der Waals surface area (Å²) in [5.74, 6) is 0.133. The second kappa shape index (κ2) is 9.17. The van der Waals surface area contributed by atoms with E-state index in [1.165, 1.54) is 19.3 Å². The fourth-order valence-corrected chi connectivity index (χ4v) is 5.90. The van der Waals surface area contributed by atoms with E-state index in [-0.39, 0.29) is 5.82 Å². The smallest absolute Gasteiger partial charge is 0.178 e. The number of nitrogens with one attached hydrogen (secondary N) is 2. The quantitative estimate of drug-likeness (QED) is 0.280. The predicted octanol–water partition coefficient (Wildman–Crippen LogP) is 6.42. The maximum Gasteiger partial charge on any atom is 0.178 e. The lowest BCUT2D eigenvalue weighted by Crippen LogP contribution is -2.29. The average molecular weight is 510 g/mol. The first kappa shape index (κ1) is 22.3. The summed E-state index contributed by atoms with van der Waals surface area (Å²) in [4.78, 5) is 19.3. The zero-order chi connectivity index (χ0) is 24.8. The topological polar surface area (TPSA) is 86.4 Å². The molecule has 9 heteroatoms. The number of aromatic nitrogens is 6. The fourth-order valence-electron chi connectivity index (χ4n) is 5.25. The van der Waals surface area contributed by atoms with Crippen LogP contribution >= 0.6 is 11.3 Å². The van der Waals surface area contributed by atoms with Crippen LogP contribution in [0.1, 0.15) is 24.8 Å². The van der Waals surface area contributed by atoms with Gasteiger partial charge in [0.15, 0.2) is 11.5 Å². The number of piperidine rings is 1. The average Bonchev–Trinajstić information content (AvgIpc) is 3.69. The summed E-state index contributed by atoms with van der Waals surface area (Å²) in [6.07, 6.45) is 9.10. The summed E-state index contributed by atoms with van der Waals surface area (Å²) in [5, 5.41) is 11.9. The molecule has 1 aliphatic rings. The molecule has 6 heterocycles. The molecule has 6 aromatic rings. The van der Waals surface area contributed by atoms with Crippen molar-refractivity contribution in [3.05, 3.63) is 71.1 Å². The van der Waals surface area contributed by atoms with Gasteiger partial charge in [0.05, 0.1) is 16.4 Å². The number of rotatable bonds is 5. The maximum atomic E-state index is 16.1. The monoisotopic (exact) mass is 509 g/mol. The van der Waals surface area contributed by atoms with Crippen molar-refractivity contribution < 1.29 is 4.39 Å². The molecule has 1 fully saturated rings. The van der Waals surface area contributed by atoms with Crippen molar-refractivity contribution in [1.82, 2.24) is 35.0 Å². The van der Waals surface area contributed by atoms with E-state index in [2.05, 4.69) is 46.5 Å². The van der Waals surface area contributed by atoms with Crippen LogP contribution in [0.3, 0.4) is 0 Å². The Kier molecular flexibility index (Phi) is 5.52. The van der Waals surface area contributed by atoms with Gasteiger partial charge in [-0.05, 0) is 78.2 Å². The lowest BCUT2D eigenvalue weighted by molar-refractivity contribution is 0.220. The van der Waals surface area contributed by atoms with Crippen LogP contribution in [0.5, 0.6) is 0 Å². The van der Waals surface area contributed by atoms with Gasteiger partial charge in [-0.2, -0.15) is 16.4 Å². The van der Waals surface area contributed by atoms with Gasteiger partial charge in [-0.3, -0.25) is 15.0 Å². The molecule has 0 aliphatic carbocycles. The number of H-pyrrole nitrogens is 2. The van der Waals surface area contributed by atoms with Crippen molar-refractivity contribution in [3.8, 4) is 33.8 Å². The Morgan fingerprint density at radius 1 is 1.00 bits per heavy atom. The van der Waals surface area contributed by atoms with E-state index in [0.717, 1.165) is 47.4 Å². The van der Waals surface area contributed by atoms with Crippen LogP contribution in [0.25, 0.3) is 55.8 Å². The highest BCUT2D eigenvalue weighted by Gasteiger charge is 2.21. The van der Waals surface area contributed by atoms with E-state index in [0.29, 0.717) is 33.6 Å². The van der Waals surface area contributed by atoms with Gasteiger partial charge < -0.3 is 4.98 Å². The lowest BCUT2D eigenvalue weighted by Gasteiger charge is -2.26. The lowest BCUT2D eigenvalue weighted by atomic mass is 10.0. The number of benzene rings is 1. The molecular weight excluding hydrogens is 485 g/mol. The molecule has 2 N–H and O–H groups in total. The number of imidazole rings is 1. The number of hydrogen-bond acceptors (Lipinski definition) is 6. The molecule has 7 nitrogen and oxygen atoms in total. The van der Waals surface area contributed by atoms with Crippen molar-refractivity contribution in [3.63, 3.8) is 0 Å². The van der Waals surface area contributed by atoms with E-state index in [9.17, 15) is 0 Å². The fraction of sp³-hybridized carbons (Fsp3) is 0.214. The minimum absolute atomic E-state index is 0.343. The molecule has 1 aromatic carbocycles. The minimum Gasteiger partial charge on any atom is -0.335 e. The molecule has 37 heavy (non-hydrogen) atoms. The Hall–Kier alpha value is -3.95. The molecule has 0 unspecified atom stereocenters. The normalized spacial score (nSPS) is 14.6. The zero-order valence-electron chi connectivity index (χ0n) is 20.0. The third kappa shape index (κ3) is 4.00. The molecule has 5 aromatic heterocycles. The number of nitrogens with zero attached hydrogens (tertiary/aromatic N) is 5. The number of likely N-dealkylation sites (tertiary alicyclic amines) is 1. The highest BCUT2D eigenvalue weighted by Crippen LogP contribution is 2.35. The summed E-state index contributed by atoms with van der Waals surface area (Å²) in [6, 6.07) is 9.71. The largest absolute Gasteiger partial charge is 0.335 e. The molecule has 0 radical (unpaired) electrons. The Balaban J connectivity index is 1.30. The molecular formula is C28H24FN7S. The summed E-state index contributed by atoms with van der Waals surface area (Å²) in [5.41, 5.74) is 6.85. The van der Waals surface area contributed by atoms with Crippen LogP contribution in [-0.4, -0.2) is 48.1 Å². The molecule has 0 saturated carbocycles. The van der Waals surface area contributed by atoms with Crippen LogP contribution < -0.4 is 0 Å². The van der Waals surface area contributed by atoms with Crippen molar-refractivity contribution in [2.75, 3.05) is 13.1 Å². The van der Waals surface area contributed by atoms with Crippen molar-refractivity contribution in [1.29, 1.82) is 0 Å². The van der Waals surface area contributed by atoms with Gasteiger partial charge in [0.1, 0.15) is 11.5 Å². The number of aromatic amines is 2. The van der Waals surface area contributed by atoms with Gasteiger partial charge in [-0.1, -0.05) is 6.42 Å². The first-order valence-corrected chi connectivity index (χ1v) is 13.4. The molecule has 7 rings (SSSR count). The van der Waals surface area contributed by atoms with Crippen molar-refractivity contribution >= 4 is 33.4 Å². The SMILES string of the molecule is Fc1c(-c2cncc(CN3CCCCC3)c2)ccc2[nH]nc(-c3nc4nccc(-c5ccsc5)c4[nH]3)c12. The molecule has 0 bridgehead atoms. The number of halogens is 1. The van der Waals surface area contributed by atoms with E-state index in [1.807, 2.05) is 29.8 Å². The standard InChI is InChI=1S/C28H24FN7S/c29-24-20(19-12-17(13-30-14-19)15-36-9-2-1-3-10-36)4-5-22-23(24)26(35-34-22)28-32-25-21(18-7-11-37-16-18)6-8-31-27(25)33-28/h4-8,11-14,16H,1-3,9-10,15H2,(H,34,35)(H,31,32,33). The van der Waals surface area contributed by atoms with Gasteiger partial charge in [0, 0.05) is 41.8 Å². The van der Waals surface area contributed by atoms with E-state index in [1.54, 1.807) is 29.8 Å². The molecule has 0 spiro atoms. The molecule has 184 valence electrons. The van der Waals surface area contributed by atoms with E-state index < -0.39 is 0 Å². The third-order valence-electron chi connectivity index (χ3n) is 7.08. The van der Waals surface area contributed by atoms with E-state index >= 15 is 4.39 Å². The first-order chi connectivity index (χ1) is 18.2. The first-order valence-electron chi connectivity index (χ1n) is 12.5. The molecule has 0 atom stereocenters. The number of pyridine rings is 2. The summed E-state index contributed by atoms with van der Waals surface area (Å²) in [7, 11) is 0. The molecule has 1 aliphatic heterocycles. The second-order valence-corrected chi connectivity index (χ2v) is 10.3. The highest BCUT2D eigenvalue weighted by atomic mass is 32.1. The summed E-state index contributed by atoms with van der Waals surface area (Å²) >= 11 is 1.63. The van der Waals surface area contributed by atoms with E-state index in [4.69, 9.17) is 0 Å². The Morgan fingerprint density at radius 2 is 1.92 bits per heavy atom. The Bertz CT molecular complexity index is 1710. The Labute approximate surface area is 216 Å². The van der Waals surface area contributed by atoms with Gasteiger partial charge in [0.2, 0.25) is 0 Å². The number of thiophene rings is 1. The van der Waals surface area contributed by atoms with Crippen LogP contribution in [0.15, 0.2) is 59.7 Å². The summed E-state index contributed by atoms with van der Waals surface area (Å²) < 4.78 is 16.1. The minimum atomic E-state index is -0.343. The van der Waals surface area contributed by atoms with Gasteiger partial charge in [-0.25, -0.2) is 14.4 Å². The van der Waals surface area contributed by atoms with Gasteiger partial charge >= 0.3 is 0 Å². The van der Waals surface area contributed by atoms with Crippen LogP contribution in [0, 0.1) is 5.82 Å². The van der Waals surface area contributed by atoms with Crippen molar-refractivity contribution in [2.24, 2.45) is 0 Å². The predicted molar refractivity (Wildman–Crippen MR) is 145 cm³/mol. The van der Waals surface area contributed by atoms with Gasteiger partial charge in [-0.15, -0.1) is 0 Å². The van der Waals surface area contributed by atoms with Gasteiger partial charge in [0.25, 0.3) is 0 Å². The van der Waals surface area contributed by atoms with Crippen LogP contribution in [-0.2, 0) is 6.54 Å². The van der Waals surface area contributed by atoms with Crippen LogP contribution in [0.2, 0.25) is 0 Å². The maximum absolute atomic E-state index is 16.1. The molecule has 1 saturated heterocycles. The number of hydrogen-bond donors (Lipinski definition) is 2. The highest BCUT2D eigenvalue weighted by molar-refractivity contribution is 7.08. The Morgan fingerprint density at radius 3 is 2.78 bits per heavy atom. The molecule has 0 amide bonds. The zero-order valence-corrected chi connectivity index (χ0v) is 20.9.